The molecule has 0 saturated heterocycles. The van der Waals surface area contributed by atoms with E-state index in [0.29, 0.717) is 22.7 Å². The van der Waals surface area contributed by atoms with E-state index in [-0.39, 0.29) is 10.8 Å². The lowest BCUT2D eigenvalue weighted by atomic mass is 10.1. The molecule has 0 unspecified atom stereocenters. The Kier molecular flexibility index (Phi) is 5.16. The number of rotatable bonds is 6. The summed E-state index contributed by atoms with van der Waals surface area (Å²) in [6.45, 7) is 0. The number of hydrogen-bond acceptors (Lipinski definition) is 4. The summed E-state index contributed by atoms with van der Waals surface area (Å²) in [5.74, 6) is 0.0737. The number of carbonyl (C=O) groups excluding carboxylic acids is 1. The van der Waals surface area contributed by atoms with Gasteiger partial charge in [-0.1, -0.05) is 36.4 Å². The monoisotopic (exact) mass is 421 g/mol. The smallest absolute Gasteiger partial charge is 0.262 e. The molecule has 0 atom stereocenters. The van der Waals surface area contributed by atoms with Crippen molar-refractivity contribution in [2.75, 3.05) is 17.1 Å². The maximum Gasteiger partial charge on any atom is 0.262 e. The molecule has 4 rings (SSSR count). The van der Waals surface area contributed by atoms with Crippen molar-refractivity contribution in [1.82, 2.24) is 4.98 Å². The molecule has 8 heteroatoms. The van der Waals surface area contributed by atoms with Crippen molar-refractivity contribution in [2.45, 2.75) is 4.90 Å². The molecule has 0 bridgehead atoms. The van der Waals surface area contributed by atoms with Crippen molar-refractivity contribution in [3.05, 3.63) is 84.6 Å². The number of anilines is 2. The Morgan fingerprint density at radius 3 is 2.57 bits per heavy atom. The summed E-state index contributed by atoms with van der Waals surface area (Å²) in [6.07, 6.45) is 1.63. The molecule has 30 heavy (non-hydrogen) atoms. The van der Waals surface area contributed by atoms with Gasteiger partial charge < -0.3 is 15.0 Å². The van der Waals surface area contributed by atoms with Crippen LogP contribution in [0.25, 0.3) is 10.9 Å². The van der Waals surface area contributed by atoms with Crippen LogP contribution in [0.2, 0.25) is 0 Å². The zero-order valence-electron chi connectivity index (χ0n) is 16.0. The summed E-state index contributed by atoms with van der Waals surface area (Å²) in [7, 11) is -2.41. The molecule has 0 fully saturated rings. The SMILES string of the molecule is COc1ccccc1NS(=O)(=O)c1cccc(NC(=O)c2c[nH]c3ccccc23)c1. The van der Waals surface area contributed by atoms with Gasteiger partial charge >= 0.3 is 0 Å². The second-order valence-electron chi connectivity index (χ2n) is 6.54. The summed E-state index contributed by atoms with van der Waals surface area (Å²) < 4.78 is 33.4. The molecule has 0 aliphatic carbocycles. The van der Waals surface area contributed by atoms with Crippen LogP contribution in [0.15, 0.2) is 83.9 Å². The first-order valence-electron chi connectivity index (χ1n) is 9.11. The van der Waals surface area contributed by atoms with E-state index in [1.165, 1.54) is 19.2 Å². The van der Waals surface area contributed by atoms with Crippen molar-refractivity contribution in [2.24, 2.45) is 0 Å². The van der Waals surface area contributed by atoms with E-state index in [2.05, 4.69) is 15.0 Å². The van der Waals surface area contributed by atoms with E-state index in [1.807, 2.05) is 24.3 Å². The van der Waals surface area contributed by atoms with Gasteiger partial charge in [0, 0.05) is 22.8 Å². The van der Waals surface area contributed by atoms with Gasteiger partial charge in [0.05, 0.1) is 23.3 Å². The van der Waals surface area contributed by atoms with Crippen molar-refractivity contribution >= 4 is 38.2 Å². The highest BCUT2D eigenvalue weighted by Gasteiger charge is 2.18. The lowest BCUT2D eigenvalue weighted by Crippen LogP contribution is -2.15. The minimum Gasteiger partial charge on any atom is -0.495 e. The summed E-state index contributed by atoms with van der Waals surface area (Å²) in [4.78, 5) is 15.8. The maximum atomic E-state index is 12.8. The number of benzene rings is 3. The minimum atomic E-state index is -3.88. The third-order valence-electron chi connectivity index (χ3n) is 4.59. The van der Waals surface area contributed by atoms with Gasteiger partial charge in [-0.05, 0) is 36.4 Å². The molecule has 0 radical (unpaired) electrons. The van der Waals surface area contributed by atoms with Crippen LogP contribution in [0.5, 0.6) is 5.75 Å². The molecule has 3 aromatic carbocycles. The average Bonchev–Trinajstić information content (AvgIpc) is 3.18. The molecule has 4 aromatic rings. The number of methoxy groups -OCH3 is 1. The van der Waals surface area contributed by atoms with Gasteiger partial charge in [0.15, 0.2) is 0 Å². The summed E-state index contributed by atoms with van der Waals surface area (Å²) in [5, 5.41) is 3.55. The van der Waals surface area contributed by atoms with Crippen molar-refractivity contribution in [3.8, 4) is 5.75 Å². The standard InChI is InChI=1S/C22H19N3O4S/c1-29-21-12-5-4-11-20(21)25-30(27,28)16-8-6-7-15(13-16)24-22(26)18-14-23-19-10-3-2-9-17(18)19/h2-14,23,25H,1H3,(H,24,26). The lowest BCUT2D eigenvalue weighted by Gasteiger charge is -2.12. The number of nitrogens with one attached hydrogen (secondary N) is 3. The van der Waals surface area contributed by atoms with E-state index < -0.39 is 10.0 Å². The molecule has 3 N–H and O–H groups in total. The molecule has 1 amide bonds. The zero-order chi connectivity index (χ0) is 21.1. The normalized spacial score (nSPS) is 11.2. The molecule has 152 valence electrons. The van der Waals surface area contributed by atoms with Crippen LogP contribution >= 0.6 is 0 Å². The van der Waals surface area contributed by atoms with Crippen molar-refractivity contribution < 1.29 is 17.9 Å². The number of carbonyl (C=O) groups is 1. The highest BCUT2D eigenvalue weighted by Crippen LogP contribution is 2.27. The molecule has 0 saturated carbocycles. The molecular weight excluding hydrogens is 402 g/mol. The van der Waals surface area contributed by atoms with Crippen LogP contribution in [0.4, 0.5) is 11.4 Å². The number of ether oxygens (including phenoxy) is 1. The summed E-state index contributed by atoms with van der Waals surface area (Å²) in [5.41, 5.74) is 2.02. The Morgan fingerprint density at radius 1 is 0.967 bits per heavy atom. The second kappa shape index (κ2) is 7.92. The predicted octanol–water partition coefficient (Wildman–Crippen LogP) is 4.23. The summed E-state index contributed by atoms with van der Waals surface area (Å²) >= 11 is 0. The first-order chi connectivity index (χ1) is 14.5. The first kappa shape index (κ1) is 19.5. The van der Waals surface area contributed by atoms with Crippen LogP contribution < -0.4 is 14.8 Å². The molecule has 0 spiro atoms. The van der Waals surface area contributed by atoms with Crippen LogP contribution in [-0.4, -0.2) is 26.4 Å². The predicted molar refractivity (Wildman–Crippen MR) is 116 cm³/mol. The van der Waals surface area contributed by atoms with E-state index in [1.54, 1.807) is 42.6 Å². The van der Waals surface area contributed by atoms with Crippen molar-refractivity contribution in [1.29, 1.82) is 0 Å². The second-order valence-corrected chi connectivity index (χ2v) is 8.22. The van der Waals surface area contributed by atoms with Gasteiger partial charge in [0.2, 0.25) is 0 Å². The number of aromatic nitrogens is 1. The largest absolute Gasteiger partial charge is 0.495 e. The third kappa shape index (κ3) is 3.85. The van der Waals surface area contributed by atoms with Gasteiger partial charge in [-0.3, -0.25) is 9.52 Å². The number of sulfonamides is 1. The van der Waals surface area contributed by atoms with E-state index >= 15 is 0 Å². The average molecular weight is 421 g/mol. The highest BCUT2D eigenvalue weighted by molar-refractivity contribution is 7.92. The number of amides is 1. The van der Waals surface area contributed by atoms with Gasteiger partial charge in [-0.15, -0.1) is 0 Å². The molecule has 7 nitrogen and oxygen atoms in total. The quantitative estimate of drug-likeness (QED) is 0.434. The van der Waals surface area contributed by atoms with Crippen LogP contribution in [0.1, 0.15) is 10.4 Å². The number of hydrogen-bond donors (Lipinski definition) is 3. The fraction of sp³-hybridized carbons (Fsp3) is 0.0455. The molecule has 0 aliphatic rings. The van der Waals surface area contributed by atoms with Crippen LogP contribution in [0.3, 0.4) is 0 Å². The first-order valence-corrected chi connectivity index (χ1v) is 10.6. The number of aromatic amines is 1. The fourth-order valence-corrected chi connectivity index (χ4v) is 4.25. The molecule has 1 heterocycles. The lowest BCUT2D eigenvalue weighted by molar-refractivity contribution is 0.102. The minimum absolute atomic E-state index is 0.0186. The number of H-pyrrole nitrogens is 1. The van der Waals surface area contributed by atoms with Gasteiger partial charge in [-0.25, -0.2) is 8.42 Å². The Hall–Kier alpha value is -3.78. The molecule has 0 aliphatic heterocycles. The van der Waals surface area contributed by atoms with E-state index in [4.69, 9.17) is 4.74 Å². The Labute approximate surface area is 173 Å². The Bertz CT molecular complexity index is 1330. The van der Waals surface area contributed by atoms with Crippen LogP contribution in [-0.2, 0) is 10.0 Å². The molecule has 1 aromatic heterocycles. The molecular formula is C22H19N3O4S. The van der Waals surface area contributed by atoms with E-state index in [0.717, 1.165) is 10.9 Å². The van der Waals surface area contributed by atoms with Gasteiger partial charge in [0.1, 0.15) is 5.75 Å². The van der Waals surface area contributed by atoms with E-state index in [9.17, 15) is 13.2 Å². The van der Waals surface area contributed by atoms with Gasteiger partial charge in [-0.2, -0.15) is 0 Å². The summed E-state index contributed by atoms with van der Waals surface area (Å²) in [6, 6.07) is 20.2. The van der Waals surface area contributed by atoms with Crippen LogP contribution in [0, 0.1) is 0 Å². The highest BCUT2D eigenvalue weighted by atomic mass is 32.2. The maximum absolute atomic E-state index is 12.8. The number of para-hydroxylation sites is 3. The zero-order valence-corrected chi connectivity index (χ0v) is 16.9. The van der Waals surface area contributed by atoms with Crippen molar-refractivity contribution in [3.63, 3.8) is 0 Å². The Morgan fingerprint density at radius 2 is 1.73 bits per heavy atom. The fourth-order valence-electron chi connectivity index (χ4n) is 3.13. The third-order valence-corrected chi connectivity index (χ3v) is 5.95. The van der Waals surface area contributed by atoms with Gasteiger partial charge in [0.25, 0.3) is 15.9 Å². The number of fused-ring (bicyclic) bond motifs is 1. The Balaban J connectivity index is 1.58. The topological polar surface area (TPSA) is 100 Å².